The summed E-state index contributed by atoms with van der Waals surface area (Å²) in [6.07, 6.45) is 9.60. The van der Waals surface area contributed by atoms with Gasteiger partial charge in [-0.05, 0) is 31.6 Å². The Morgan fingerprint density at radius 3 is 2.38 bits per heavy atom. The molecule has 1 amide bonds. The molecule has 2 atom stereocenters. The smallest absolute Gasteiger partial charge is 0.224 e. The van der Waals surface area contributed by atoms with Gasteiger partial charge in [0.15, 0.2) is 0 Å². The molecule has 0 aromatic heterocycles. The van der Waals surface area contributed by atoms with E-state index >= 15 is 0 Å². The van der Waals surface area contributed by atoms with Crippen molar-refractivity contribution >= 4 is 5.91 Å². The fourth-order valence-corrected chi connectivity index (χ4v) is 3.08. The molecule has 0 heterocycles. The molecule has 3 N–H and O–H groups in total. The molecule has 3 heteroatoms. The molecule has 0 aromatic rings. The van der Waals surface area contributed by atoms with Gasteiger partial charge in [-0.15, -0.1) is 0 Å². The summed E-state index contributed by atoms with van der Waals surface area (Å²) in [4.78, 5) is 12.0. The third-order valence-corrected chi connectivity index (χ3v) is 4.20. The second-order valence-electron chi connectivity index (χ2n) is 5.45. The summed E-state index contributed by atoms with van der Waals surface area (Å²) < 4.78 is 0. The summed E-state index contributed by atoms with van der Waals surface area (Å²) >= 11 is 0. The van der Waals surface area contributed by atoms with Crippen molar-refractivity contribution in [1.82, 2.24) is 5.32 Å². The molecule has 2 rings (SSSR count). The molecule has 2 unspecified atom stereocenters. The van der Waals surface area contributed by atoms with Crippen LogP contribution >= 0.6 is 0 Å². The monoisotopic (exact) mass is 224 g/mol. The Hall–Kier alpha value is -0.570. The first-order valence-electron chi connectivity index (χ1n) is 6.80. The van der Waals surface area contributed by atoms with E-state index in [0.29, 0.717) is 0 Å². The van der Waals surface area contributed by atoms with E-state index in [9.17, 15) is 4.79 Å². The molecule has 0 saturated heterocycles. The number of hydrogen-bond acceptors (Lipinski definition) is 2. The second kappa shape index (κ2) is 5.67. The van der Waals surface area contributed by atoms with Crippen LogP contribution in [0.2, 0.25) is 0 Å². The van der Waals surface area contributed by atoms with Gasteiger partial charge in [0.1, 0.15) is 0 Å². The summed E-state index contributed by atoms with van der Waals surface area (Å²) in [5.41, 5.74) is 6.00. The molecule has 16 heavy (non-hydrogen) atoms. The highest BCUT2D eigenvalue weighted by atomic mass is 16.1. The van der Waals surface area contributed by atoms with Crippen LogP contribution in [0, 0.1) is 11.8 Å². The van der Waals surface area contributed by atoms with Crippen molar-refractivity contribution in [2.45, 2.75) is 57.4 Å². The molecule has 92 valence electrons. The summed E-state index contributed by atoms with van der Waals surface area (Å²) in [6.45, 7) is 0.877. The first-order chi connectivity index (χ1) is 7.77. The maximum Gasteiger partial charge on any atom is 0.224 e. The van der Waals surface area contributed by atoms with E-state index in [-0.39, 0.29) is 17.9 Å². The highest BCUT2D eigenvalue weighted by Crippen LogP contribution is 2.25. The number of carbonyl (C=O) groups excluding carboxylic acids is 1. The van der Waals surface area contributed by atoms with Crippen LogP contribution in [0.5, 0.6) is 0 Å². The molecular weight excluding hydrogens is 200 g/mol. The van der Waals surface area contributed by atoms with Crippen LogP contribution in [-0.4, -0.2) is 18.5 Å². The number of rotatable bonds is 3. The van der Waals surface area contributed by atoms with Gasteiger partial charge < -0.3 is 11.1 Å². The Labute approximate surface area is 98.2 Å². The van der Waals surface area contributed by atoms with Crippen LogP contribution in [0.1, 0.15) is 51.4 Å². The molecule has 0 radical (unpaired) electrons. The highest BCUT2D eigenvalue weighted by Gasteiger charge is 2.28. The fourth-order valence-electron chi connectivity index (χ4n) is 3.08. The zero-order valence-corrected chi connectivity index (χ0v) is 10.1. The average Bonchev–Trinajstić information content (AvgIpc) is 2.79. The molecule has 3 nitrogen and oxygen atoms in total. The van der Waals surface area contributed by atoms with Gasteiger partial charge in [-0.3, -0.25) is 4.79 Å². The molecular formula is C13H24N2O. The van der Waals surface area contributed by atoms with E-state index in [1.165, 1.54) is 32.1 Å². The predicted octanol–water partition coefficient (Wildman–Crippen LogP) is 1.81. The van der Waals surface area contributed by atoms with Gasteiger partial charge in [-0.1, -0.05) is 25.7 Å². The third-order valence-electron chi connectivity index (χ3n) is 4.20. The Morgan fingerprint density at radius 1 is 1.06 bits per heavy atom. The van der Waals surface area contributed by atoms with Gasteiger partial charge >= 0.3 is 0 Å². The Balaban J connectivity index is 1.73. The Kier molecular flexibility index (Phi) is 4.22. The van der Waals surface area contributed by atoms with Crippen molar-refractivity contribution < 1.29 is 4.79 Å². The quantitative estimate of drug-likeness (QED) is 0.768. The maximum atomic E-state index is 12.0. The predicted molar refractivity (Wildman–Crippen MR) is 64.9 cm³/mol. The second-order valence-corrected chi connectivity index (χ2v) is 5.45. The van der Waals surface area contributed by atoms with Gasteiger partial charge in [0.05, 0.1) is 5.92 Å². The van der Waals surface area contributed by atoms with Crippen molar-refractivity contribution in [3.8, 4) is 0 Å². The van der Waals surface area contributed by atoms with Crippen LogP contribution in [0.15, 0.2) is 0 Å². The number of hydrogen-bond donors (Lipinski definition) is 2. The van der Waals surface area contributed by atoms with Crippen LogP contribution in [0.4, 0.5) is 0 Å². The molecule has 0 bridgehead atoms. The van der Waals surface area contributed by atoms with Gasteiger partial charge in [-0.25, -0.2) is 0 Å². The molecule has 2 aliphatic rings. The molecule has 2 saturated carbocycles. The van der Waals surface area contributed by atoms with Gasteiger partial charge in [0.25, 0.3) is 0 Å². The number of nitrogens with two attached hydrogens (primary N) is 1. The number of carbonyl (C=O) groups is 1. The first-order valence-corrected chi connectivity index (χ1v) is 6.80. The Morgan fingerprint density at radius 2 is 1.69 bits per heavy atom. The average molecular weight is 224 g/mol. The number of nitrogens with one attached hydrogen (secondary N) is 1. The van der Waals surface area contributed by atoms with Crippen LogP contribution in [0.3, 0.4) is 0 Å². The van der Waals surface area contributed by atoms with Crippen molar-refractivity contribution in [1.29, 1.82) is 0 Å². The van der Waals surface area contributed by atoms with Crippen LogP contribution in [-0.2, 0) is 4.79 Å². The standard InChI is InChI=1S/C13H24N2O/c14-12-8-4-3-7-11(12)13(16)15-9-10-5-1-2-6-10/h10-12H,1-9,14H2,(H,15,16). The summed E-state index contributed by atoms with van der Waals surface area (Å²) in [6, 6.07) is 0.0947. The zero-order chi connectivity index (χ0) is 11.4. The van der Waals surface area contributed by atoms with E-state index in [4.69, 9.17) is 5.73 Å². The molecule has 2 fully saturated rings. The molecule has 0 aromatic carbocycles. The van der Waals surface area contributed by atoms with Gasteiger partial charge in [0, 0.05) is 12.6 Å². The van der Waals surface area contributed by atoms with E-state index in [1.54, 1.807) is 0 Å². The lowest BCUT2D eigenvalue weighted by atomic mass is 9.84. The lowest BCUT2D eigenvalue weighted by molar-refractivity contribution is -0.126. The largest absolute Gasteiger partial charge is 0.356 e. The number of amides is 1. The van der Waals surface area contributed by atoms with Gasteiger partial charge in [-0.2, -0.15) is 0 Å². The van der Waals surface area contributed by atoms with Crippen molar-refractivity contribution in [2.75, 3.05) is 6.54 Å². The van der Waals surface area contributed by atoms with Crippen molar-refractivity contribution in [2.24, 2.45) is 17.6 Å². The maximum absolute atomic E-state index is 12.0. The lowest BCUT2D eigenvalue weighted by Crippen LogP contribution is -2.44. The van der Waals surface area contributed by atoms with Crippen molar-refractivity contribution in [3.63, 3.8) is 0 Å². The van der Waals surface area contributed by atoms with Crippen LogP contribution in [0.25, 0.3) is 0 Å². The summed E-state index contributed by atoms with van der Waals surface area (Å²) in [5.74, 6) is 1.01. The normalized spacial score (nSPS) is 31.6. The van der Waals surface area contributed by atoms with E-state index in [2.05, 4.69) is 5.32 Å². The molecule has 0 aliphatic heterocycles. The minimum absolute atomic E-state index is 0.0788. The SMILES string of the molecule is NC1CCCCC1C(=O)NCC1CCCC1. The zero-order valence-electron chi connectivity index (χ0n) is 10.1. The molecule has 0 spiro atoms. The highest BCUT2D eigenvalue weighted by molar-refractivity contribution is 5.79. The van der Waals surface area contributed by atoms with Crippen LogP contribution < -0.4 is 11.1 Å². The Bertz CT molecular complexity index is 236. The van der Waals surface area contributed by atoms with Crippen molar-refractivity contribution in [3.05, 3.63) is 0 Å². The van der Waals surface area contributed by atoms with Gasteiger partial charge in [0.2, 0.25) is 5.91 Å². The summed E-state index contributed by atoms with van der Waals surface area (Å²) in [5, 5.41) is 3.11. The lowest BCUT2D eigenvalue weighted by Gasteiger charge is -2.27. The van der Waals surface area contributed by atoms with E-state index in [0.717, 1.165) is 31.7 Å². The van der Waals surface area contributed by atoms with E-state index < -0.39 is 0 Å². The minimum atomic E-state index is 0.0788. The fraction of sp³-hybridized carbons (Fsp3) is 0.923. The first kappa shape index (κ1) is 11.9. The molecule has 2 aliphatic carbocycles. The van der Waals surface area contributed by atoms with E-state index in [1.807, 2.05) is 0 Å². The summed E-state index contributed by atoms with van der Waals surface area (Å²) in [7, 11) is 0. The third kappa shape index (κ3) is 2.97. The topological polar surface area (TPSA) is 55.1 Å². The minimum Gasteiger partial charge on any atom is -0.356 e.